The third-order valence-electron chi connectivity index (χ3n) is 5.17. The van der Waals surface area contributed by atoms with Crippen molar-refractivity contribution >= 4 is 23.2 Å². The Hall–Kier alpha value is -3.80. The Morgan fingerprint density at radius 1 is 0.588 bits per heavy atom. The van der Waals surface area contributed by atoms with Gasteiger partial charge in [-0.3, -0.25) is 9.59 Å². The number of amides is 2. The van der Waals surface area contributed by atoms with E-state index in [2.05, 4.69) is 24.5 Å². The Balaban J connectivity index is 1.51. The number of anilines is 2. The molecule has 0 aliphatic heterocycles. The summed E-state index contributed by atoms with van der Waals surface area (Å²) in [6.45, 7) is 5.59. The Bertz CT molecular complexity index is 959. The lowest BCUT2D eigenvalue weighted by Crippen LogP contribution is -2.14. The van der Waals surface area contributed by atoms with Crippen LogP contribution in [0.3, 0.4) is 0 Å². The third kappa shape index (κ3) is 7.66. The Kier molecular flexibility index (Phi) is 9.52. The van der Waals surface area contributed by atoms with Crippen molar-refractivity contribution in [3.63, 3.8) is 0 Å². The van der Waals surface area contributed by atoms with Crippen molar-refractivity contribution in [1.29, 1.82) is 0 Å². The summed E-state index contributed by atoms with van der Waals surface area (Å²) in [7, 11) is 0. The fourth-order valence-electron chi connectivity index (χ4n) is 3.12. The number of unbranched alkanes of at least 4 members (excludes halogenated alkanes) is 2. The molecule has 0 fully saturated rings. The Morgan fingerprint density at radius 3 is 1.26 bits per heavy atom. The zero-order chi connectivity index (χ0) is 24.2. The Morgan fingerprint density at radius 2 is 0.941 bits per heavy atom. The summed E-state index contributed by atoms with van der Waals surface area (Å²) in [4.78, 5) is 25.1. The molecule has 0 atom stereocenters. The molecule has 0 aliphatic carbocycles. The van der Waals surface area contributed by atoms with Crippen LogP contribution in [0.4, 0.5) is 11.4 Å². The van der Waals surface area contributed by atoms with Gasteiger partial charge in [-0.1, -0.05) is 26.7 Å². The number of hydrogen-bond donors (Lipinski definition) is 2. The molecule has 3 aromatic rings. The fourth-order valence-corrected chi connectivity index (χ4v) is 3.12. The Labute approximate surface area is 201 Å². The smallest absolute Gasteiger partial charge is 0.255 e. The quantitative estimate of drug-likeness (QED) is 0.301. The van der Waals surface area contributed by atoms with Gasteiger partial charge in [-0.25, -0.2) is 0 Å². The molecule has 178 valence electrons. The SMILES string of the molecule is CCCCOc1ccc(NC(=O)c2ccc(C(=O)Nc3ccc(OCCCC)cc3)cc2)cc1. The van der Waals surface area contributed by atoms with Crippen molar-refractivity contribution < 1.29 is 19.1 Å². The van der Waals surface area contributed by atoms with Gasteiger partial charge >= 0.3 is 0 Å². The van der Waals surface area contributed by atoms with Crippen LogP contribution in [0.5, 0.6) is 11.5 Å². The van der Waals surface area contributed by atoms with E-state index in [1.54, 1.807) is 48.5 Å². The number of carbonyl (C=O) groups is 2. The molecule has 3 rings (SSSR count). The minimum Gasteiger partial charge on any atom is -0.494 e. The molecule has 0 unspecified atom stereocenters. The van der Waals surface area contributed by atoms with Gasteiger partial charge in [0.05, 0.1) is 13.2 Å². The first-order valence-electron chi connectivity index (χ1n) is 11.8. The molecule has 0 radical (unpaired) electrons. The number of hydrogen-bond acceptors (Lipinski definition) is 4. The lowest BCUT2D eigenvalue weighted by Gasteiger charge is -2.09. The molecule has 0 saturated heterocycles. The highest BCUT2D eigenvalue weighted by Gasteiger charge is 2.10. The molecule has 2 N–H and O–H groups in total. The molecule has 34 heavy (non-hydrogen) atoms. The van der Waals surface area contributed by atoms with Gasteiger partial charge in [0, 0.05) is 22.5 Å². The highest BCUT2D eigenvalue weighted by atomic mass is 16.5. The summed E-state index contributed by atoms with van der Waals surface area (Å²) in [6, 6.07) is 21.1. The first-order chi connectivity index (χ1) is 16.6. The standard InChI is InChI=1S/C28H32N2O4/c1-3-5-19-33-25-15-11-23(12-16-25)29-27(31)21-7-9-22(10-8-21)28(32)30-24-13-17-26(18-14-24)34-20-6-4-2/h7-18H,3-6,19-20H2,1-2H3,(H,29,31)(H,30,32). The molecular weight excluding hydrogens is 428 g/mol. The van der Waals surface area contributed by atoms with E-state index in [1.165, 1.54) is 0 Å². The average Bonchev–Trinajstić information content (AvgIpc) is 2.86. The van der Waals surface area contributed by atoms with E-state index in [0.717, 1.165) is 37.2 Å². The predicted molar refractivity (Wildman–Crippen MR) is 136 cm³/mol. The minimum atomic E-state index is -0.245. The molecule has 2 amide bonds. The van der Waals surface area contributed by atoms with E-state index in [9.17, 15) is 9.59 Å². The van der Waals surface area contributed by atoms with E-state index in [0.29, 0.717) is 35.7 Å². The number of rotatable bonds is 12. The second-order valence-corrected chi connectivity index (χ2v) is 7.94. The zero-order valence-electron chi connectivity index (χ0n) is 19.8. The van der Waals surface area contributed by atoms with Gasteiger partial charge in [0.2, 0.25) is 0 Å². The molecule has 6 heteroatoms. The molecule has 0 aliphatic rings. The minimum absolute atomic E-state index is 0.245. The van der Waals surface area contributed by atoms with Crippen molar-refractivity contribution in [3.8, 4) is 11.5 Å². The number of benzene rings is 3. The number of ether oxygens (including phenoxy) is 2. The zero-order valence-corrected chi connectivity index (χ0v) is 19.8. The molecule has 6 nitrogen and oxygen atoms in total. The van der Waals surface area contributed by atoms with E-state index in [4.69, 9.17) is 9.47 Å². The van der Waals surface area contributed by atoms with Gasteiger partial charge in [-0.15, -0.1) is 0 Å². The second-order valence-electron chi connectivity index (χ2n) is 7.94. The van der Waals surface area contributed by atoms with Crippen LogP contribution >= 0.6 is 0 Å². The van der Waals surface area contributed by atoms with E-state index in [-0.39, 0.29) is 11.8 Å². The fraction of sp³-hybridized carbons (Fsp3) is 0.286. The molecule has 0 bridgehead atoms. The summed E-state index contributed by atoms with van der Waals surface area (Å²) < 4.78 is 11.3. The van der Waals surface area contributed by atoms with Gasteiger partial charge in [-0.2, -0.15) is 0 Å². The van der Waals surface area contributed by atoms with E-state index >= 15 is 0 Å². The molecule has 0 spiro atoms. The summed E-state index contributed by atoms with van der Waals surface area (Å²) in [6.07, 6.45) is 4.17. The van der Waals surface area contributed by atoms with Crippen molar-refractivity contribution in [2.24, 2.45) is 0 Å². The van der Waals surface area contributed by atoms with Crippen molar-refractivity contribution in [2.75, 3.05) is 23.8 Å². The molecule has 0 heterocycles. The van der Waals surface area contributed by atoms with Gasteiger partial charge in [0.1, 0.15) is 11.5 Å². The number of nitrogens with one attached hydrogen (secondary N) is 2. The topological polar surface area (TPSA) is 76.7 Å². The first kappa shape index (κ1) is 24.8. The van der Waals surface area contributed by atoms with Gasteiger partial charge < -0.3 is 20.1 Å². The van der Waals surface area contributed by atoms with E-state index in [1.807, 2.05) is 24.3 Å². The monoisotopic (exact) mass is 460 g/mol. The maximum Gasteiger partial charge on any atom is 0.255 e. The average molecular weight is 461 g/mol. The van der Waals surface area contributed by atoms with Crippen LogP contribution < -0.4 is 20.1 Å². The van der Waals surface area contributed by atoms with Crippen LogP contribution in [-0.4, -0.2) is 25.0 Å². The van der Waals surface area contributed by atoms with Crippen molar-refractivity contribution in [2.45, 2.75) is 39.5 Å². The van der Waals surface area contributed by atoms with Crippen LogP contribution in [0.25, 0.3) is 0 Å². The van der Waals surface area contributed by atoms with Crippen molar-refractivity contribution in [1.82, 2.24) is 0 Å². The normalized spacial score (nSPS) is 10.4. The number of carbonyl (C=O) groups excluding carboxylic acids is 2. The van der Waals surface area contributed by atoms with Crippen LogP contribution in [0.15, 0.2) is 72.8 Å². The lowest BCUT2D eigenvalue weighted by molar-refractivity contribution is 0.101. The summed E-state index contributed by atoms with van der Waals surface area (Å²) >= 11 is 0. The van der Waals surface area contributed by atoms with Crippen molar-refractivity contribution in [3.05, 3.63) is 83.9 Å². The highest BCUT2D eigenvalue weighted by Crippen LogP contribution is 2.19. The molecule has 0 saturated carbocycles. The van der Waals surface area contributed by atoms with Crippen LogP contribution in [0.1, 0.15) is 60.2 Å². The second kappa shape index (κ2) is 13.0. The predicted octanol–water partition coefficient (Wildman–Crippen LogP) is 6.55. The van der Waals surface area contributed by atoms with Crippen LogP contribution in [0, 0.1) is 0 Å². The summed E-state index contributed by atoms with van der Waals surface area (Å²) in [5.41, 5.74) is 2.29. The largest absolute Gasteiger partial charge is 0.494 e. The first-order valence-corrected chi connectivity index (χ1v) is 11.8. The van der Waals surface area contributed by atoms with Gasteiger partial charge in [-0.05, 0) is 85.6 Å². The highest BCUT2D eigenvalue weighted by molar-refractivity contribution is 6.07. The molecule has 0 aromatic heterocycles. The third-order valence-corrected chi connectivity index (χ3v) is 5.17. The van der Waals surface area contributed by atoms with E-state index < -0.39 is 0 Å². The maximum absolute atomic E-state index is 12.6. The van der Waals surface area contributed by atoms with Gasteiger partial charge in [0.15, 0.2) is 0 Å². The summed E-state index contributed by atoms with van der Waals surface area (Å²) in [5, 5.41) is 5.72. The van der Waals surface area contributed by atoms with Crippen LogP contribution in [-0.2, 0) is 0 Å². The lowest BCUT2D eigenvalue weighted by atomic mass is 10.1. The van der Waals surface area contributed by atoms with Gasteiger partial charge in [0.25, 0.3) is 11.8 Å². The van der Waals surface area contributed by atoms with Crippen LogP contribution in [0.2, 0.25) is 0 Å². The molecule has 3 aromatic carbocycles. The maximum atomic E-state index is 12.6. The summed E-state index contributed by atoms with van der Waals surface area (Å²) in [5.74, 6) is 1.07. The molecular formula is C28H32N2O4.